The molecule has 0 aliphatic carbocycles. The number of thiocarbonyl (C=S) groups is 1. The van der Waals surface area contributed by atoms with E-state index in [4.69, 9.17) is 22.7 Å². The van der Waals surface area contributed by atoms with Gasteiger partial charge in [0.25, 0.3) is 0 Å². The van der Waals surface area contributed by atoms with E-state index in [-0.39, 0.29) is 0 Å². The van der Waals surface area contributed by atoms with Crippen molar-refractivity contribution >= 4 is 17.2 Å². The summed E-state index contributed by atoms with van der Waals surface area (Å²) in [6, 6.07) is 2.51. The number of methoxy groups -OCH3 is 1. The average molecular weight is 298 g/mol. The van der Waals surface area contributed by atoms with E-state index in [0.29, 0.717) is 17.6 Å². The summed E-state index contributed by atoms with van der Waals surface area (Å²) in [5, 5.41) is 4.63. The third-order valence-electron chi connectivity index (χ3n) is 3.38. The zero-order valence-corrected chi connectivity index (χ0v) is 13.5. The first kappa shape index (κ1) is 17.1. The zero-order chi connectivity index (χ0) is 15.0. The number of ether oxygens (including phenoxy) is 1. The highest BCUT2D eigenvalue weighted by atomic mass is 32.1. The first-order valence-corrected chi connectivity index (χ1v) is 7.51. The molecule has 0 aromatic carbocycles. The Bertz CT molecular complexity index is 408. The van der Waals surface area contributed by atoms with Gasteiger partial charge < -0.3 is 10.5 Å². The molecule has 0 saturated carbocycles. The Hall–Kier alpha value is -0.980. The number of nitrogens with zero attached hydrogens (tertiary/aromatic N) is 3. The quantitative estimate of drug-likeness (QED) is 0.669. The van der Waals surface area contributed by atoms with E-state index in [1.54, 1.807) is 7.11 Å². The highest BCUT2D eigenvalue weighted by Gasteiger charge is 2.10. The number of nitrogens with two attached hydrogens (primary N) is 1. The first-order valence-electron chi connectivity index (χ1n) is 7.10. The maximum absolute atomic E-state index is 5.58. The second-order valence-electron chi connectivity index (χ2n) is 5.03. The molecule has 1 atom stereocenters. The Labute approximate surface area is 127 Å². The Morgan fingerprint density at radius 2 is 2.30 bits per heavy atom. The van der Waals surface area contributed by atoms with Crippen molar-refractivity contribution in [1.29, 1.82) is 0 Å². The highest BCUT2D eigenvalue weighted by molar-refractivity contribution is 7.80. The van der Waals surface area contributed by atoms with Crippen molar-refractivity contribution in [3.05, 3.63) is 18.0 Å². The molecule has 20 heavy (non-hydrogen) atoms. The fourth-order valence-corrected chi connectivity index (χ4v) is 1.97. The van der Waals surface area contributed by atoms with Crippen LogP contribution in [-0.4, -0.2) is 46.5 Å². The van der Waals surface area contributed by atoms with Gasteiger partial charge in [-0.05, 0) is 19.4 Å². The fraction of sp³-hybridized carbons (Fsp3) is 0.714. The van der Waals surface area contributed by atoms with E-state index in [1.165, 1.54) is 0 Å². The van der Waals surface area contributed by atoms with E-state index in [0.717, 1.165) is 38.2 Å². The van der Waals surface area contributed by atoms with Crippen LogP contribution in [0.4, 0.5) is 0 Å². The highest BCUT2D eigenvalue weighted by Crippen LogP contribution is 2.10. The lowest BCUT2D eigenvalue weighted by Crippen LogP contribution is -2.30. The van der Waals surface area contributed by atoms with E-state index in [2.05, 4.69) is 29.9 Å². The Balaban J connectivity index is 2.58. The number of aromatic nitrogens is 2. The lowest BCUT2D eigenvalue weighted by Gasteiger charge is -2.20. The maximum atomic E-state index is 5.58. The molecule has 6 heteroatoms. The Kier molecular flexibility index (Phi) is 7.72. The zero-order valence-electron chi connectivity index (χ0n) is 12.7. The summed E-state index contributed by atoms with van der Waals surface area (Å²) in [4.78, 5) is 2.82. The molecule has 0 radical (unpaired) electrons. The molecule has 1 aromatic rings. The summed E-state index contributed by atoms with van der Waals surface area (Å²) in [7, 11) is 1.71. The second kappa shape index (κ2) is 9.05. The van der Waals surface area contributed by atoms with Crippen LogP contribution in [0.1, 0.15) is 38.4 Å². The van der Waals surface area contributed by atoms with Crippen LogP contribution < -0.4 is 5.73 Å². The number of hydrogen-bond donors (Lipinski definition) is 1. The minimum absolute atomic E-state index is 0.438. The van der Waals surface area contributed by atoms with Crippen molar-refractivity contribution in [2.24, 2.45) is 5.73 Å². The summed E-state index contributed by atoms with van der Waals surface area (Å²) < 4.78 is 7.17. The van der Waals surface area contributed by atoms with E-state index in [1.807, 2.05) is 10.9 Å². The van der Waals surface area contributed by atoms with Crippen molar-refractivity contribution in [3.8, 4) is 0 Å². The van der Waals surface area contributed by atoms with Crippen molar-refractivity contribution in [2.75, 3.05) is 26.8 Å². The van der Waals surface area contributed by atoms with E-state index >= 15 is 0 Å². The summed E-state index contributed by atoms with van der Waals surface area (Å²) in [6.07, 6.45) is 3.85. The molecule has 0 bridgehead atoms. The first-order chi connectivity index (χ1) is 9.56. The predicted octanol–water partition coefficient (Wildman–Crippen LogP) is 1.98. The second-order valence-corrected chi connectivity index (χ2v) is 5.55. The summed E-state index contributed by atoms with van der Waals surface area (Å²) in [5.74, 6) is 0. The van der Waals surface area contributed by atoms with Crippen molar-refractivity contribution < 1.29 is 4.74 Å². The molecular formula is C14H26N4OS. The van der Waals surface area contributed by atoms with Crippen LogP contribution in [0, 0.1) is 0 Å². The average Bonchev–Trinajstić information content (AvgIpc) is 2.89. The van der Waals surface area contributed by atoms with Gasteiger partial charge in [-0.1, -0.05) is 19.1 Å². The van der Waals surface area contributed by atoms with Crippen LogP contribution in [0.5, 0.6) is 0 Å². The fourth-order valence-electron chi connectivity index (χ4n) is 1.88. The van der Waals surface area contributed by atoms with Gasteiger partial charge >= 0.3 is 0 Å². The lowest BCUT2D eigenvalue weighted by atomic mass is 10.3. The molecule has 1 heterocycles. The van der Waals surface area contributed by atoms with Crippen LogP contribution in [0.25, 0.3) is 0 Å². The molecule has 0 aliphatic heterocycles. The van der Waals surface area contributed by atoms with Crippen LogP contribution in [-0.2, 0) is 11.3 Å². The third-order valence-corrected chi connectivity index (χ3v) is 3.58. The maximum Gasteiger partial charge on any atom is 0.0764 e. The molecule has 0 saturated heterocycles. The number of rotatable bonds is 10. The van der Waals surface area contributed by atoms with Gasteiger partial charge in [0.2, 0.25) is 0 Å². The monoisotopic (exact) mass is 298 g/mol. The van der Waals surface area contributed by atoms with Crippen LogP contribution in [0.2, 0.25) is 0 Å². The Morgan fingerprint density at radius 3 is 2.90 bits per heavy atom. The van der Waals surface area contributed by atoms with Gasteiger partial charge in [0.15, 0.2) is 0 Å². The molecule has 0 amide bonds. The summed E-state index contributed by atoms with van der Waals surface area (Å²) >= 11 is 4.95. The number of hydrogen-bond acceptors (Lipinski definition) is 4. The third kappa shape index (κ3) is 5.98. The van der Waals surface area contributed by atoms with Gasteiger partial charge in [-0.15, -0.1) is 0 Å². The predicted molar refractivity (Wildman–Crippen MR) is 85.8 cm³/mol. The topological polar surface area (TPSA) is 56.3 Å². The van der Waals surface area contributed by atoms with Gasteiger partial charge in [-0.3, -0.25) is 9.58 Å². The molecule has 0 spiro atoms. The normalized spacial score (nSPS) is 12.8. The molecule has 1 aromatic heterocycles. The van der Waals surface area contributed by atoms with E-state index in [9.17, 15) is 0 Å². The van der Waals surface area contributed by atoms with Gasteiger partial charge in [0, 0.05) is 45.4 Å². The molecule has 1 rings (SSSR count). The molecule has 0 aliphatic rings. The smallest absolute Gasteiger partial charge is 0.0764 e. The van der Waals surface area contributed by atoms with Gasteiger partial charge in [0.05, 0.1) is 17.3 Å². The van der Waals surface area contributed by atoms with E-state index < -0.39 is 0 Å². The minimum atomic E-state index is 0.438. The van der Waals surface area contributed by atoms with Crippen LogP contribution in [0.15, 0.2) is 12.3 Å². The van der Waals surface area contributed by atoms with Gasteiger partial charge in [0.1, 0.15) is 0 Å². The molecule has 5 nitrogen and oxygen atoms in total. The summed E-state index contributed by atoms with van der Waals surface area (Å²) in [5.41, 5.74) is 6.65. The molecule has 2 N–H and O–H groups in total. The molecule has 114 valence electrons. The van der Waals surface area contributed by atoms with Crippen molar-refractivity contribution in [1.82, 2.24) is 14.7 Å². The van der Waals surface area contributed by atoms with Crippen LogP contribution in [0.3, 0.4) is 0 Å². The minimum Gasteiger partial charge on any atom is -0.393 e. The standard InChI is InChI=1S/C14H26N4OS/c1-4-12(2)18-8-5-13(16-18)11-17(9-10-19-3)7-6-14(15)20/h5,8,12H,4,6-7,9-11H2,1-3H3,(H2,15,20). The molecular weight excluding hydrogens is 272 g/mol. The Morgan fingerprint density at radius 1 is 1.55 bits per heavy atom. The van der Waals surface area contributed by atoms with Crippen molar-refractivity contribution in [2.45, 2.75) is 39.3 Å². The summed E-state index contributed by atoms with van der Waals surface area (Å²) in [6.45, 7) is 7.54. The van der Waals surface area contributed by atoms with Crippen molar-refractivity contribution in [3.63, 3.8) is 0 Å². The molecule has 0 fully saturated rings. The molecule has 1 unspecified atom stereocenters. The largest absolute Gasteiger partial charge is 0.393 e. The van der Waals surface area contributed by atoms with Gasteiger partial charge in [-0.2, -0.15) is 5.10 Å². The SMILES string of the molecule is CCC(C)n1ccc(CN(CCOC)CCC(N)=S)n1. The van der Waals surface area contributed by atoms with Crippen LogP contribution >= 0.6 is 12.2 Å². The van der Waals surface area contributed by atoms with Gasteiger partial charge in [-0.25, -0.2) is 0 Å². The lowest BCUT2D eigenvalue weighted by molar-refractivity contribution is 0.145.